The van der Waals surface area contributed by atoms with E-state index in [1.54, 1.807) is 11.3 Å². The highest BCUT2D eigenvalue weighted by Crippen LogP contribution is 2.29. The van der Waals surface area contributed by atoms with Crippen molar-refractivity contribution in [1.29, 1.82) is 0 Å². The Balaban J connectivity index is 1.69. The van der Waals surface area contributed by atoms with Gasteiger partial charge in [-0.3, -0.25) is 0 Å². The normalized spacial score (nSPS) is 22.1. The van der Waals surface area contributed by atoms with Crippen LogP contribution in [-0.4, -0.2) is 44.0 Å². The van der Waals surface area contributed by atoms with Crippen LogP contribution in [0.2, 0.25) is 0 Å². The first-order valence-electron chi connectivity index (χ1n) is 7.25. The Hall–Kier alpha value is -0.660. The summed E-state index contributed by atoms with van der Waals surface area (Å²) in [4.78, 5) is 8.13. The lowest BCUT2D eigenvalue weighted by molar-refractivity contribution is 0.586. The van der Waals surface area contributed by atoms with Gasteiger partial charge in [0, 0.05) is 30.6 Å². The van der Waals surface area contributed by atoms with Crippen molar-refractivity contribution in [3.63, 3.8) is 0 Å². The van der Waals surface area contributed by atoms with E-state index in [9.17, 15) is 8.42 Å². The van der Waals surface area contributed by atoms with E-state index in [2.05, 4.69) is 17.1 Å². The molecule has 1 N–H and O–H groups in total. The van der Waals surface area contributed by atoms with Gasteiger partial charge in [-0.2, -0.15) is 0 Å². The molecule has 3 rings (SSSR count). The molecular formula is C13H21N3O2S2. The van der Waals surface area contributed by atoms with Crippen LogP contribution < -0.4 is 10.2 Å². The van der Waals surface area contributed by atoms with E-state index in [0.717, 1.165) is 23.8 Å². The van der Waals surface area contributed by atoms with Gasteiger partial charge in [-0.15, -0.1) is 11.3 Å². The number of nitrogens with zero attached hydrogens (tertiary/aromatic N) is 2. The molecule has 112 valence electrons. The summed E-state index contributed by atoms with van der Waals surface area (Å²) in [5.41, 5.74) is 1.16. The largest absolute Gasteiger partial charge is 0.346 e. The quantitative estimate of drug-likeness (QED) is 0.884. The molecule has 1 saturated carbocycles. The van der Waals surface area contributed by atoms with Crippen molar-refractivity contribution in [3.8, 4) is 0 Å². The van der Waals surface area contributed by atoms with Crippen LogP contribution in [0.15, 0.2) is 0 Å². The molecule has 0 amide bonds. The zero-order valence-corrected chi connectivity index (χ0v) is 13.4. The third-order valence-corrected chi connectivity index (χ3v) is 6.61. The first kappa shape index (κ1) is 14.3. The van der Waals surface area contributed by atoms with Gasteiger partial charge in [0.1, 0.15) is 0 Å². The lowest BCUT2D eigenvalue weighted by Crippen LogP contribution is -2.40. The summed E-state index contributed by atoms with van der Waals surface area (Å²) in [5.74, 6) is 0.507. The SMILES string of the molecule is CCc1nc(N2CCS(=O)(=O)CC2)sc1CNC1CC1. The molecule has 2 heterocycles. The minimum atomic E-state index is -2.82. The molecule has 1 saturated heterocycles. The smallest absolute Gasteiger partial charge is 0.185 e. The van der Waals surface area contributed by atoms with Gasteiger partial charge in [0.15, 0.2) is 15.0 Å². The zero-order valence-electron chi connectivity index (χ0n) is 11.8. The summed E-state index contributed by atoms with van der Waals surface area (Å²) in [7, 11) is -2.82. The predicted octanol–water partition coefficient (Wildman–Crippen LogP) is 1.19. The summed E-state index contributed by atoms with van der Waals surface area (Å²) in [5, 5.41) is 4.52. The second-order valence-electron chi connectivity index (χ2n) is 5.51. The van der Waals surface area contributed by atoms with Gasteiger partial charge in [0.05, 0.1) is 17.2 Å². The molecule has 1 aliphatic carbocycles. The number of hydrogen-bond acceptors (Lipinski definition) is 6. The van der Waals surface area contributed by atoms with Gasteiger partial charge in [-0.05, 0) is 19.3 Å². The van der Waals surface area contributed by atoms with Crippen molar-refractivity contribution in [2.75, 3.05) is 29.5 Å². The molecule has 20 heavy (non-hydrogen) atoms. The molecule has 0 unspecified atom stereocenters. The Bertz CT molecular complexity index is 564. The van der Waals surface area contributed by atoms with Crippen molar-refractivity contribution in [2.24, 2.45) is 0 Å². The van der Waals surface area contributed by atoms with E-state index >= 15 is 0 Å². The third kappa shape index (κ3) is 3.32. The Labute approximate surface area is 124 Å². The van der Waals surface area contributed by atoms with Gasteiger partial charge in [-0.25, -0.2) is 13.4 Å². The fraction of sp³-hybridized carbons (Fsp3) is 0.769. The van der Waals surface area contributed by atoms with E-state index in [1.165, 1.54) is 17.7 Å². The number of rotatable bonds is 5. The maximum atomic E-state index is 11.5. The summed E-state index contributed by atoms with van der Waals surface area (Å²) in [6.07, 6.45) is 3.51. The summed E-state index contributed by atoms with van der Waals surface area (Å²) in [6, 6.07) is 0.699. The first-order chi connectivity index (χ1) is 9.57. The number of sulfone groups is 1. The van der Waals surface area contributed by atoms with Crippen LogP contribution in [0.1, 0.15) is 30.3 Å². The average Bonchev–Trinajstić information content (AvgIpc) is 3.16. The summed E-state index contributed by atoms with van der Waals surface area (Å²) in [6.45, 7) is 4.18. The molecule has 1 aliphatic heterocycles. The molecule has 0 atom stereocenters. The number of aryl methyl sites for hydroxylation is 1. The Morgan fingerprint density at radius 2 is 2.05 bits per heavy atom. The second kappa shape index (κ2) is 5.61. The highest BCUT2D eigenvalue weighted by Gasteiger charge is 2.25. The van der Waals surface area contributed by atoms with Crippen LogP contribution in [0.4, 0.5) is 5.13 Å². The fourth-order valence-corrected chi connectivity index (χ4v) is 4.70. The molecule has 0 aromatic carbocycles. The summed E-state index contributed by atoms with van der Waals surface area (Å²) >= 11 is 1.72. The minimum Gasteiger partial charge on any atom is -0.346 e. The molecule has 1 aromatic heterocycles. The van der Waals surface area contributed by atoms with Crippen molar-refractivity contribution in [2.45, 2.75) is 38.8 Å². The Morgan fingerprint density at radius 1 is 1.35 bits per heavy atom. The van der Waals surface area contributed by atoms with Gasteiger partial charge in [-0.1, -0.05) is 6.92 Å². The second-order valence-corrected chi connectivity index (χ2v) is 8.88. The van der Waals surface area contributed by atoms with Crippen LogP contribution in [0.25, 0.3) is 0 Å². The number of aromatic nitrogens is 1. The molecule has 7 heteroatoms. The van der Waals surface area contributed by atoms with E-state index < -0.39 is 9.84 Å². The molecule has 0 radical (unpaired) electrons. The Kier molecular flexibility index (Phi) is 4.01. The van der Waals surface area contributed by atoms with Gasteiger partial charge in [0.2, 0.25) is 0 Å². The molecule has 0 spiro atoms. The van der Waals surface area contributed by atoms with Crippen LogP contribution >= 0.6 is 11.3 Å². The average molecular weight is 315 g/mol. The third-order valence-electron chi connectivity index (χ3n) is 3.85. The van der Waals surface area contributed by atoms with Crippen molar-refractivity contribution >= 4 is 26.3 Å². The Morgan fingerprint density at radius 3 is 2.65 bits per heavy atom. The van der Waals surface area contributed by atoms with E-state index in [-0.39, 0.29) is 11.5 Å². The maximum absolute atomic E-state index is 11.5. The lowest BCUT2D eigenvalue weighted by atomic mass is 10.3. The van der Waals surface area contributed by atoms with Crippen LogP contribution in [0.5, 0.6) is 0 Å². The zero-order chi connectivity index (χ0) is 14.2. The topological polar surface area (TPSA) is 62.3 Å². The molecule has 5 nitrogen and oxygen atoms in total. The molecule has 2 aliphatic rings. The monoisotopic (exact) mass is 315 g/mol. The van der Waals surface area contributed by atoms with E-state index in [0.29, 0.717) is 19.1 Å². The molecular weight excluding hydrogens is 294 g/mol. The van der Waals surface area contributed by atoms with E-state index in [1.807, 2.05) is 0 Å². The minimum absolute atomic E-state index is 0.254. The van der Waals surface area contributed by atoms with Crippen molar-refractivity contribution in [1.82, 2.24) is 10.3 Å². The number of hydrogen-bond donors (Lipinski definition) is 1. The standard InChI is InChI=1S/C13H21N3O2S2/c1-2-11-12(9-14-10-3-4-10)19-13(15-11)16-5-7-20(17,18)8-6-16/h10,14H,2-9H2,1H3. The molecule has 0 bridgehead atoms. The lowest BCUT2D eigenvalue weighted by Gasteiger charge is -2.25. The fourth-order valence-electron chi connectivity index (χ4n) is 2.35. The number of nitrogens with one attached hydrogen (secondary N) is 1. The highest BCUT2D eigenvalue weighted by atomic mass is 32.2. The van der Waals surface area contributed by atoms with Crippen LogP contribution in [0.3, 0.4) is 0 Å². The van der Waals surface area contributed by atoms with Gasteiger partial charge in [0.25, 0.3) is 0 Å². The number of thiazole rings is 1. The van der Waals surface area contributed by atoms with Crippen LogP contribution in [-0.2, 0) is 22.8 Å². The van der Waals surface area contributed by atoms with Crippen molar-refractivity contribution in [3.05, 3.63) is 10.6 Å². The number of anilines is 1. The molecule has 2 fully saturated rings. The predicted molar refractivity (Wildman–Crippen MR) is 82.2 cm³/mol. The van der Waals surface area contributed by atoms with Gasteiger partial charge < -0.3 is 10.2 Å². The van der Waals surface area contributed by atoms with Gasteiger partial charge >= 0.3 is 0 Å². The highest BCUT2D eigenvalue weighted by molar-refractivity contribution is 7.91. The van der Waals surface area contributed by atoms with Crippen LogP contribution in [0, 0.1) is 0 Å². The first-order valence-corrected chi connectivity index (χ1v) is 9.88. The van der Waals surface area contributed by atoms with Crippen molar-refractivity contribution < 1.29 is 8.42 Å². The molecule has 1 aromatic rings. The summed E-state index contributed by atoms with van der Waals surface area (Å²) < 4.78 is 23.0. The maximum Gasteiger partial charge on any atom is 0.185 e. The van der Waals surface area contributed by atoms with E-state index in [4.69, 9.17) is 4.98 Å².